The molecule has 1 fully saturated rings. The SMILES string of the molecule is CCNC(=NCC1CCN(c2ccccc2)C1)NCCc1nc(C)c(C)s1. The summed E-state index contributed by atoms with van der Waals surface area (Å²) in [7, 11) is 0. The van der Waals surface area contributed by atoms with Crippen molar-refractivity contribution in [3.05, 3.63) is 45.9 Å². The Morgan fingerprint density at radius 1 is 1.26 bits per heavy atom. The Morgan fingerprint density at radius 3 is 2.78 bits per heavy atom. The Labute approximate surface area is 166 Å². The second-order valence-corrected chi connectivity index (χ2v) is 8.37. The van der Waals surface area contributed by atoms with Crippen LogP contribution >= 0.6 is 11.3 Å². The van der Waals surface area contributed by atoms with E-state index in [9.17, 15) is 0 Å². The molecule has 1 saturated heterocycles. The molecule has 3 rings (SSSR count). The van der Waals surface area contributed by atoms with E-state index in [1.807, 2.05) is 0 Å². The average Bonchev–Trinajstić information content (AvgIpc) is 3.27. The summed E-state index contributed by atoms with van der Waals surface area (Å²) in [5.41, 5.74) is 2.47. The number of anilines is 1. The van der Waals surface area contributed by atoms with Gasteiger partial charge in [-0.25, -0.2) is 4.98 Å². The average molecular weight is 386 g/mol. The largest absolute Gasteiger partial charge is 0.371 e. The van der Waals surface area contributed by atoms with Gasteiger partial charge in [0.05, 0.1) is 10.7 Å². The number of para-hydroxylation sites is 1. The highest BCUT2D eigenvalue weighted by Gasteiger charge is 2.22. The molecule has 2 heterocycles. The monoisotopic (exact) mass is 385 g/mol. The van der Waals surface area contributed by atoms with Crippen LogP contribution in [0.25, 0.3) is 0 Å². The van der Waals surface area contributed by atoms with Crippen molar-refractivity contribution >= 4 is 23.0 Å². The summed E-state index contributed by atoms with van der Waals surface area (Å²) >= 11 is 1.79. The molecule has 1 aliphatic heterocycles. The maximum atomic E-state index is 4.83. The van der Waals surface area contributed by atoms with E-state index in [1.54, 1.807) is 11.3 Å². The van der Waals surface area contributed by atoms with Crippen LogP contribution in [0.15, 0.2) is 35.3 Å². The number of benzene rings is 1. The van der Waals surface area contributed by atoms with Gasteiger partial charge in [-0.3, -0.25) is 4.99 Å². The minimum absolute atomic E-state index is 0.616. The minimum Gasteiger partial charge on any atom is -0.371 e. The number of guanidine groups is 1. The topological polar surface area (TPSA) is 52.6 Å². The normalized spacial score (nSPS) is 17.4. The van der Waals surface area contributed by atoms with Crippen LogP contribution in [0.3, 0.4) is 0 Å². The van der Waals surface area contributed by atoms with Crippen LogP contribution in [0, 0.1) is 19.8 Å². The Balaban J connectivity index is 1.47. The Morgan fingerprint density at radius 2 is 2.07 bits per heavy atom. The van der Waals surface area contributed by atoms with Crippen LogP contribution in [-0.4, -0.2) is 43.7 Å². The van der Waals surface area contributed by atoms with Gasteiger partial charge in [0.15, 0.2) is 5.96 Å². The first kappa shape index (κ1) is 19.7. The van der Waals surface area contributed by atoms with Gasteiger partial charge < -0.3 is 15.5 Å². The van der Waals surface area contributed by atoms with Crippen LogP contribution in [-0.2, 0) is 6.42 Å². The fraction of sp³-hybridized carbons (Fsp3) is 0.524. The smallest absolute Gasteiger partial charge is 0.191 e. The number of hydrogen-bond acceptors (Lipinski definition) is 4. The summed E-state index contributed by atoms with van der Waals surface area (Å²) in [5.74, 6) is 1.53. The van der Waals surface area contributed by atoms with Gasteiger partial charge in [-0.15, -0.1) is 11.3 Å². The molecule has 1 atom stereocenters. The molecular weight excluding hydrogens is 354 g/mol. The lowest BCUT2D eigenvalue weighted by Crippen LogP contribution is -2.38. The molecule has 0 spiro atoms. The second-order valence-electron chi connectivity index (χ2n) is 7.08. The molecule has 0 bridgehead atoms. The third-order valence-corrected chi connectivity index (χ3v) is 6.10. The molecule has 2 N–H and O–H groups in total. The fourth-order valence-electron chi connectivity index (χ4n) is 3.35. The molecular formula is C21H31N5S. The van der Waals surface area contributed by atoms with Crippen LogP contribution < -0.4 is 15.5 Å². The highest BCUT2D eigenvalue weighted by molar-refractivity contribution is 7.11. The fourth-order valence-corrected chi connectivity index (χ4v) is 4.28. The van der Waals surface area contributed by atoms with E-state index in [0.29, 0.717) is 5.92 Å². The van der Waals surface area contributed by atoms with Gasteiger partial charge in [0, 0.05) is 49.7 Å². The van der Waals surface area contributed by atoms with Crippen LogP contribution in [0.1, 0.15) is 28.9 Å². The summed E-state index contributed by atoms with van der Waals surface area (Å²) in [5, 5.41) is 8.01. The van der Waals surface area contributed by atoms with E-state index in [0.717, 1.165) is 50.8 Å². The van der Waals surface area contributed by atoms with Gasteiger partial charge >= 0.3 is 0 Å². The lowest BCUT2D eigenvalue weighted by atomic mass is 10.1. The molecule has 1 aromatic carbocycles. The summed E-state index contributed by atoms with van der Waals surface area (Å²) < 4.78 is 0. The summed E-state index contributed by atoms with van der Waals surface area (Å²) in [4.78, 5) is 13.2. The summed E-state index contributed by atoms with van der Waals surface area (Å²) in [6.07, 6.45) is 2.14. The van der Waals surface area contributed by atoms with Crippen molar-refractivity contribution in [3.8, 4) is 0 Å². The van der Waals surface area contributed by atoms with E-state index in [2.05, 4.69) is 71.6 Å². The zero-order valence-electron chi connectivity index (χ0n) is 16.7. The third kappa shape index (κ3) is 5.70. The standard InChI is InChI=1S/C21H31N5S/c1-4-22-21(23-12-10-20-25-16(2)17(3)27-20)24-14-18-11-13-26(15-18)19-8-6-5-7-9-19/h5-9,18H,4,10-15H2,1-3H3,(H2,22,23,24). The lowest BCUT2D eigenvalue weighted by Gasteiger charge is -2.18. The van der Waals surface area contributed by atoms with E-state index >= 15 is 0 Å². The molecule has 5 nitrogen and oxygen atoms in total. The zero-order chi connectivity index (χ0) is 19.1. The van der Waals surface area contributed by atoms with Crippen molar-refractivity contribution in [1.29, 1.82) is 0 Å². The number of hydrogen-bond donors (Lipinski definition) is 2. The number of aliphatic imine (C=N–C) groups is 1. The van der Waals surface area contributed by atoms with Crippen molar-refractivity contribution in [3.63, 3.8) is 0 Å². The number of aryl methyl sites for hydroxylation is 2. The molecule has 6 heteroatoms. The molecule has 27 heavy (non-hydrogen) atoms. The molecule has 0 aliphatic carbocycles. The van der Waals surface area contributed by atoms with Gasteiger partial charge in [0.25, 0.3) is 0 Å². The van der Waals surface area contributed by atoms with Crippen molar-refractivity contribution in [2.24, 2.45) is 10.9 Å². The highest BCUT2D eigenvalue weighted by Crippen LogP contribution is 2.23. The summed E-state index contributed by atoms with van der Waals surface area (Å²) in [6.45, 7) is 11.1. The van der Waals surface area contributed by atoms with Crippen LogP contribution in [0.2, 0.25) is 0 Å². The molecule has 1 aliphatic rings. The predicted octanol–water partition coefficient (Wildman–Crippen LogP) is 3.38. The number of thiazole rings is 1. The first-order valence-electron chi connectivity index (χ1n) is 9.90. The van der Waals surface area contributed by atoms with E-state index in [4.69, 9.17) is 4.99 Å². The first-order chi connectivity index (χ1) is 13.2. The van der Waals surface area contributed by atoms with Crippen molar-refractivity contribution in [2.45, 2.75) is 33.6 Å². The van der Waals surface area contributed by atoms with Crippen LogP contribution in [0.5, 0.6) is 0 Å². The van der Waals surface area contributed by atoms with Gasteiger partial charge in [0.2, 0.25) is 0 Å². The first-order valence-corrected chi connectivity index (χ1v) is 10.7. The van der Waals surface area contributed by atoms with Crippen molar-refractivity contribution < 1.29 is 0 Å². The second kappa shape index (κ2) is 9.74. The molecule has 0 amide bonds. The Hall–Kier alpha value is -2.08. The predicted molar refractivity (Wildman–Crippen MR) is 116 cm³/mol. The Bertz CT molecular complexity index is 721. The Kier molecular flexibility index (Phi) is 7.10. The number of rotatable bonds is 7. The molecule has 1 aromatic heterocycles. The molecule has 2 aromatic rings. The zero-order valence-corrected chi connectivity index (χ0v) is 17.5. The van der Waals surface area contributed by atoms with Gasteiger partial charge in [0.1, 0.15) is 0 Å². The maximum Gasteiger partial charge on any atom is 0.191 e. The molecule has 146 valence electrons. The molecule has 0 saturated carbocycles. The highest BCUT2D eigenvalue weighted by atomic mass is 32.1. The van der Waals surface area contributed by atoms with E-state index in [-0.39, 0.29) is 0 Å². The lowest BCUT2D eigenvalue weighted by molar-refractivity contribution is 0.599. The number of nitrogens with one attached hydrogen (secondary N) is 2. The molecule has 1 unspecified atom stereocenters. The maximum absolute atomic E-state index is 4.83. The van der Waals surface area contributed by atoms with Gasteiger partial charge in [-0.1, -0.05) is 18.2 Å². The van der Waals surface area contributed by atoms with E-state index < -0.39 is 0 Å². The third-order valence-electron chi connectivity index (χ3n) is 4.96. The van der Waals surface area contributed by atoms with Crippen LogP contribution in [0.4, 0.5) is 5.69 Å². The minimum atomic E-state index is 0.616. The number of nitrogens with zero attached hydrogens (tertiary/aromatic N) is 3. The van der Waals surface area contributed by atoms with Crippen molar-refractivity contribution in [1.82, 2.24) is 15.6 Å². The van der Waals surface area contributed by atoms with Gasteiger partial charge in [-0.2, -0.15) is 0 Å². The van der Waals surface area contributed by atoms with Gasteiger partial charge in [-0.05, 0) is 45.2 Å². The van der Waals surface area contributed by atoms with Crippen molar-refractivity contribution in [2.75, 3.05) is 37.6 Å². The molecule has 0 radical (unpaired) electrons. The van der Waals surface area contributed by atoms with E-state index in [1.165, 1.54) is 22.0 Å². The quantitative estimate of drug-likeness (QED) is 0.567. The number of aromatic nitrogens is 1. The summed E-state index contributed by atoms with van der Waals surface area (Å²) in [6, 6.07) is 10.7.